The van der Waals surface area contributed by atoms with Crippen LogP contribution < -0.4 is 5.73 Å². The van der Waals surface area contributed by atoms with Crippen LogP contribution in [0.25, 0.3) is 0 Å². The summed E-state index contributed by atoms with van der Waals surface area (Å²) in [6.07, 6.45) is 2.56. The molecule has 0 aromatic rings. The molecule has 0 aromatic heterocycles. The summed E-state index contributed by atoms with van der Waals surface area (Å²) in [6.45, 7) is 0.832. The summed E-state index contributed by atoms with van der Waals surface area (Å²) in [5.41, 5.74) is 5.27. The molecule has 1 heterocycles. The van der Waals surface area contributed by atoms with Crippen LogP contribution in [0.5, 0.6) is 0 Å². The predicted molar refractivity (Wildman–Crippen MR) is 54.2 cm³/mol. The molecular formula is C10H19NO4. The number of hydrogen-bond donors (Lipinski definition) is 2. The van der Waals surface area contributed by atoms with Gasteiger partial charge < -0.3 is 20.3 Å². The summed E-state index contributed by atoms with van der Waals surface area (Å²) in [5, 5.41) is 8.83. The van der Waals surface area contributed by atoms with E-state index in [0.717, 1.165) is 12.8 Å². The van der Waals surface area contributed by atoms with Crippen molar-refractivity contribution in [3.63, 3.8) is 0 Å². The molecule has 0 unspecified atom stereocenters. The molecule has 5 nitrogen and oxygen atoms in total. The van der Waals surface area contributed by atoms with E-state index < -0.39 is 0 Å². The van der Waals surface area contributed by atoms with Gasteiger partial charge in [0.1, 0.15) is 6.61 Å². The van der Waals surface area contributed by atoms with E-state index in [1.54, 1.807) is 0 Å². The maximum atomic E-state index is 11.1. The lowest BCUT2D eigenvalue weighted by Gasteiger charge is -2.12. The van der Waals surface area contributed by atoms with Crippen LogP contribution in [0.1, 0.15) is 25.7 Å². The third-order valence-electron chi connectivity index (χ3n) is 2.41. The van der Waals surface area contributed by atoms with Crippen LogP contribution in [-0.4, -0.2) is 43.0 Å². The van der Waals surface area contributed by atoms with E-state index in [2.05, 4.69) is 0 Å². The lowest BCUT2D eigenvalue weighted by Crippen LogP contribution is -2.21. The molecule has 1 fully saturated rings. The molecule has 1 aliphatic heterocycles. The fourth-order valence-corrected chi connectivity index (χ4v) is 1.54. The Balaban J connectivity index is 2.07. The summed E-state index contributed by atoms with van der Waals surface area (Å²) in [5.74, 6) is -0.225. The summed E-state index contributed by atoms with van der Waals surface area (Å²) in [6, 6.07) is 0. The summed E-state index contributed by atoms with van der Waals surface area (Å²) >= 11 is 0. The Hall–Kier alpha value is -0.650. The minimum absolute atomic E-state index is 0.0393. The smallest absolute Gasteiger partial charge is 0.305 e. The Bertz CT molecular complexity index is 198. The van der Waals surface area contributed by atoms with Gasteiger partial charge in [-0.1, -0.05) is 0 Å². The SMILES string of the molecule is NCCCC(=O)OC[C@@H]1CC[C@H](CO)O1. The van der Waals surface area contributed by atoms with Gasteiger partial charge in [0.15, 0.2) is 0 Å². The topological polar surface area (TPSA) is 81.8 Å². The fraction of sp³-hybridized carbons (Fsp3) is 0.900. The van der Waals surface area contributed by atoms with Crippen molar-refractivity contribution in [1.29, 1.82) is 0 Å². The zero-order valence-corrected chi connectivity index (χ0v) is 8.85. The first-order valence-corrected chi connectivity index (χ1v) is 5.38. The molecule has 0 spiro atoms. The van der Waals surface area contributed by atoms with Gasteiger partial charge in [-0.25, -0.2) is 0 Å². The van der Waals surface area contributed by atoms with Crippen LogP contribution in [0.15, 0.2) is 0 Å². The normalized spacial score (nSPS) is 25.5. The maximum Gasteiger partial charge on any atom is 0.305 e. The van der Waals surface area contributed by atoms with Gasteiger partial charge in [0.25, 0.3) is 0 Å². The molecule has 0 saturated carbocycles. The van der Waals surface area contributed by atoms with E-state index >= 15 is 0 Å². The van der Waals surface area contributed by atoms with Crippen molar-refractivity contribution in [2.24, 2.45) is 5.73 Å². The number of aliphatic hydroxyl groups excluding tert-OH is 1. The van der Waals surface area contributed by atoms with Crippen molar-refractivity contribution in [3.8, 4) is 0 Å². The molecule has 1 rings (SSSR count). The molecule has 0 bridgehead atoms. The van der Waals surface area contributed by atoms with Crippen molar-refractivity contribution >= 4 is 5.97 Å². The van der Waals surface area contributed by atoms with Gasteiger partial charge >= 0.3 is 5.97 Å². The van der Waals surface area contributed by atoms with Gasteiger partial charge in [0.05, 0.1) is 18.8 Å². The average Bonchev–Trinajstić information content (AvgIpc) is 2.71. The van der Waals surface area contributed by atoms with Crippen molar-refractivity contribution < 1.29 is 19.4 Å². The highest BCUT2D eigenvalue weighted by Gasteiger charge is 2.25. The fourth-order valence-electron chi connectivity index (χ4n) is 1.54. The molecule has 1 aliphatic rings. The zero-order valence-electron chi connectivity index (χ0n) is 8.85. The number of nitrogens with two attached hydrogens (primary N) is 1. The molecule has 0 aliphatic carbocycles. The third-order valence-corrected chi connectivity index (χ3v) is 2.41. The highest BCUT2D eigenvalue weighted by Crippen LogP contribution is 2.19. The molecule has 1 saturated heterocycles. The van der Waals surface area contributed by atoms with Crippen LogP contribution >= 0.6 is 0 Å². The highest BCUT2D eigenvalue weighted by molar-refractivity contribution is 5.69. The lowest BCUT2D eigenvalue weighted by molar-refractivity contribution is -0.147. The first-order valence-electron chi connectivity index (χ1n) is 5.38. The first kappa shape index (κ1) is 12.4. The maximum absolute atomic E-state index is 11.1. The third kappa shape index (κ3) is 4.59. The average molecular weight is 217 g/mol. The standard InChI is InChI=1S/C10H19NO4/c11-5-1-2-10(13)14-7-9-4-3-8(6-12)15-9/h8-9,12H,1-7,11H2/t8-,9+/m1/s1. The molecule has 0 radical (unpaired) electrons. The summed E-state index contributed by atoms with van der Waals surface area (Å²) in [7, 11) is 0. The van der Waals surface area contributed by atoms with Crippen molar-refractivity contribution in [2.75, 3.05) is 19.8 Å². The van der Waals surface area contributed by atoms with Gasteiger partial charge in [-0.2, -0.15) is 0 Å². The number of aliphatic hydroxyl groups is 1. The number of rotatable bonds is 6. The van der Waals surface area contributed by atoms with Crippen LogP contribution in [-0.2, 0) is 14.3 Å². The number of esters is 1. The molecule has 5 heteroatoms. The Kier molecular flexibility index (Phi) is 5.60. The lowest BCUT2D eigenvalue weighted by atomic mass is 10.2. The van der Waals surface area contributed by atoms with E-state index in [0.29, 0.717) is 26.0 Å². The molecule has 0 amide bonds. The Morgan fingerprint density at radius 2 is 2.20 bits per heavy atom. The number of ether oxygens (including phenoxy) is 2. The van der Waals surface area contributed by atoms with Crippen LogP contribution in [0, 0.1) is 0 Å². The number of hydrogen-bond acceptors (Lipinski definition) is 5. The molecule has 15 heavy (non-hydrogen) atoms. The van der Waals surface area contributed by atoms with Crippen LogP contribution in [0.3, 0.4) is 0 Å². The van der Waals surface area contributed by atoms with E-state index in [-0.39, 0.29) is 24.8 Å². The first-order chi connectivity index (χ1) is 7.26. The minimum atomic E-state index is -0.225. The van der Waals surface area contributed by atoms with Gasteiger partial charge in [0.2, 0.25) is 0 Å². The second kappa shape index (κ2) is 6.76. The molecule has 2 atom stereocenters. The molecule has 0 aromatic carbocycles. The van der Waals surface area contributed by atoms with Crippen LogP contribution in [0.2, 0.25) is 0 Å². The second-order valence-corrected chi connectivity index (χ2v) is 3.72. The summed E-state index contributed by atoms with van der Waals surface area (Å²) in [4.78, 5) is 11.1. The zero-order chi connectivity index (χ0) is 11.1. The monoisotopic (exact) mass is 217 g/mol. The van der Waals surface area contributed by atoms with Crippen molar-refractivity contribution in [3.05, 3.63) is 0 Å². The van der Waals surface area contributed by atoms with Crippen molar-refractivity contribution in [2.45, 2.75) is 37.9 Å². The highest BCUT2D eigenvalue weighted by atomic mass is 16.6. The Morgan fingerprint density at radius 1 is 1.47 bits per heavy atom. The van der Waals surface area contributed by atoms with Gasteiger partial charge in [-0.05, 0) is 25.8 Å². The summed E-state index contributed by atoms with van der Waals surface area (Å²) < 4.78 is 10.4. The van der Waals surface area contributed by atoms with Gasteiger partial charge in [-0.15, -0.1) is 0 Å². The van der Waals surface area contributed by atoms with Gasteiger partial charge in [-0.3, -0.25) is 4.79 Å². The predicted octanol–water partition coefficient (Wildman–Crippen LogP) is -0.192. The Morgan fingerprint density at radius 3 is 2.80 bits per heavy atom. The second-order valence-electron chi connectivity index (χ2n) is 3.72. The number of carbonyl (C=O) groups is 1. The van der Waals surface area contributed by atoms with E-state index in [1.165, 1.54) is 0 Å². The van der Waals surface area contributed by atoms with Crippen molar-refractivity contribution in [1.82, 2.24) is 0 Å². The largest absolute Gasteiger partial charge is 0.463 e. The quantitative estimate of drug-likeness (QED) is 0.602. The van der Waals surface area contributed by atoms with E-state index in [1.807, 2.05) is 0 Å². The molecular weight excluding hydrogens is 198 g/mol. The minimum Gasteiger partial charge on any atom is -0.463 e. The number of carbonyl (C=O) groups excluding carboxylic acids is 1. The van der Waals surface area contributed by atoms with E-state index in [4.69, 9.17) is 20.3 Å². The molecule has 3 N–H and O–H groups in total. The van der Waals surface area contributed by atoms with Gasteiger partial charge in [0, 0.05) is 6.42 Å². The van der Waals surface area contributed by atoms with E-state index in [9.17, 15) is 4.79 Å². The molecule has 88 valence electrons. The Labute approximate surface area is 89.5 Å². The van der Waals surface area contributed by atoms with Crippen LogP contribution in [0.4, 0.5) is 0 Å².